The number of aryl methyl sites for hydroxylation is 3. The normalized spacial score (nSPS) is 13.0. The molecule has 1 aromatic heterocycles. The van der Waals surface area contributed by atoms with Gasteiger partial charge in [0, 0.05) is 6.54 Å². The zero-order valence-corrected chi connectivity index (χ0v) is 15.5. The minimum atomic E-state index is -3.76. The molecular formula is C16H24N4O3S. The fourth-order valence-corrected chi connectivity index (χ4v) is 3.93. The van der Waals surface area contributed by atoms with E-state index < -0.39 is 16.1 Å². The third-order valence-corrected chi connectivity index (χ3v) is 5.46. The molecule has 24 heavy (non-hydrogen) atoms. The Morgan fingerprint density at radius 3 is 2.58 bits per heavy atom. The van der Waals surface area contributed by atoms with Crippen molar-refractivity contribution in [3.05, 3.63) is 35.4 Å². The van der Waals surface area contributed by atoms with Gasteiger partial charge in [-0.05, 0) is 50.5 Å². The Balaban J connectivity index is 2.34. The molecule has 1 heterocycles. The summed E-state index contributed by atoms with van der Waals surface area (Å²) in [5, 5.41) is 7.92. The van der Waals surface area contributed by atoms with E-state index >= 15 is 0 Å². The quantitative estimate of drug-likeness (QED) is 0.827. The largest absolute Gasteiger partial charge is 0.495 e. The summed E-state index contributed by atoms with van der Waals surface area (Å²) in [5.41, 5.74) is 1.86. The zero-order chi connectivity index (χ0) is 17.9. The van der Waals surface area contributed by atoms with Crippen molar-refractivity contribution in [3.63, 3.8) is 0 Å². The molecule has 1 atom stereocenters. The summed E-state index contributed by atoms with van der Waals surface area (Å²) < 4.78 is 35.4. The van der Waals surface area contributed by atoms with Gasteiger partial charge in [-0.15, -0.1) is 10.2 Å². The molecule has 0 aliphatic heterocycles. The van der Waals surface area contributed by atoms with Gasteiger partial charge in [0.2, 0.25) is 10.0 Å². The summed E-state index contributed by atoms with van der Waals surface area (Å²) in [7, 11) is -2.29. The van der Waals surface area contributed by atoms with Crippen molar-refractivity contribution in [2.45, 2.75) is 51.6 Å². The highest BCUT2D eigenvalue weighted by atomic mass is 32.2. The van der Waals surface area contributed by atoms with Crippen LogP contribution in [0, 0.1) is 13.8 Å². The highest BCUT2D eigenvalue weighted by molar-refractivity contribution is 7.89. The van der Waals surface area contributed by atoms with Crippen molar-refractivity contribution in [2.75, 3.05) is 7.11 Å². The zero-order valence-electron chi connectivity index (χ0n) is 14.7. The Bertz CT molecular complexity index is 815. The predicted octanol–water partition coefficient (Wildman–Crippen LogP) is 2.35. The highest BCUT2D eigenvalue weighted by Crippen LogP contribution is 2.28. The fourth-order valence-electron chi connectivity index (χ4n) is 2.49. The van der Waals surface area contributed by atoms with Gasteiger partial charge in [-0.25, -0.2) is 13.1 Å². The van der Waals surface area contributed by atoms with Crippen molar-refractivity contribution in [1.82, 2.24) is 19.5 Å². The predicted molar refractivity (Wildman–Crippen MR) is 91.5 cm³/mol. The molecule has 132 valence electrons. The summed E-state index contributed by atoms with van der Waals surface area (Å²) in [6.07, 6.45) is 2.52. The van der Waals surface area contributed by atoms with E-state index in [-0.39, 0.29) is 4.90 Å². The third kappa shape index (κ3) is 3.76. The standard InChI is InChI=1S/C16H24N4O3S/c1-6-7-20-10-17-18-16(20)13(4)19-24(21,22)15-9-12(3)11(2)8-14(15)23-5/h8-10,13,19H,6-7H2,1-5H3. The van der Waals surface area contributed by atoms with Crippen LogP contribution in [0.1, 0.15) is 43.3 Å². The van der Waals surface area contributed by atoms with Gasteiger partial charge in [-0.1, -0.05) is 6.92 Å². The van der Waals surface area contributed by atoms with E-state index in [1.807, 2.05) is 25.3 Å². The smallest absolute Gasteiger partial charge is 0.244 e. The fraction of sp³-hybridized carbons (Fsp3) is 0.500. The van der Waals surface area contributed by atoms with E-state index in [1.165, 1.54) is 7.11 Å². The van der Waals surface area contributed by atoms with Gasteiger partial charge in [0.25, 0.3) is 0 Å². The van der Waals surface area contributed by atoms with Gasteiger partial charge >= 0.3 is 0 Å². The molecule has 0 bridgehead atoms. The number of ether oxygens (including phenoxy) is 1. The van der Waals surface area contributed by atoms with Crippen molar-refractivity contribution in [1.29, 1.82) is 0 Å². The van der Waals surface area contributed by atoms with Crippen molar-refractivity contribution in [3.8, 4) is 5.75 Å². The molecule has 1 aromatic carbocycles. The highest BCUT2D eigenvalue weighted by Gasteiger charge is 2.25. The summed E-state index contributed by atoms with van der Waals surface area (Å²) >= 11 is 0. The van der Waals surface area contributed by atoms with Gasteiger partial charge in [0.05, 0.1) is 13.2 Å². The van der Waals surface area contributed by atoms with Crippen LogP contribution in [0.2, 0.25) is 0 Å². The van der Waals surface area contributed by atoms with Crippen molar-refractivity contribution in [2.24, 2.45) is 0 Å². The van der Waals surface area contributed by atoms with Crippen molar-refractivity contribution >= 4 is 10.0 Å². The van der Waals surface area contributed by atoms with Gasteiger partial charge in [0.15, 0.2) is 5.82 Å². The third-order valence-electron chi connectivity index (χ3n) is 3.90. The average Bonchev–Trinajstić information content (AvgIpc) is 2.97. The van der Waals surface area contributed by atoms with Crippen molar-refractivity contribution < 1.29 is 13.2 Å². The van der Waals surface area contributed by atoms with Crippen LogP contribution in [0.4, 0.5) is 0 Å². The molecule has 0 aliphatic rings. The Labute approximate surface area is 143 Å². The summed E-state index contributed by atoms with van der Waals surface area (Å²) in [4.78, 5) is 0.126. The van der Waals surface area contributed by atoms with E-state index in [0.717, 1.165) is 24.1 Å². The van der Waals surface area contributed by atoms with E-state index in [4.69, 9.17) is 4.74 Å². The first-order chi connectivity index (χ1) is 11.3. The van der Waals surface area contributed by atoms with Crippen LogP contribution < -0.4 is 9.46 Å². The number of aromatic nitrogens is 3. The number of hydrogen-bond acceptors (Lipinski definition) is 5. The summed E-state index contributed by atoms with van der Waals surface area (Å²) in [5.74, 6) is 0.913. The Hall–Kier alpha value is -1.93. The van der Waals surface area contributed by atoms with E-state index in [2.05, 4.69) is 14.9 Å². The molecule has 7 nitrogen and oxygen atoms in total. The maximum absolute atomic E-state index is 12.8. The number of methoxy groups -OCH3 is 1. The first-order valence-electron chi connectivity index (χ1n) is 7.85. The molecule has 0 saturated heterocycles. The SMILES string of the molecule is CCCn1cnnc1C(C)NS(=O)(=O)c1cc(C)c(C)cc1OC. The molecule has 1 unspecified atom stereocenters. The molecule has 8 heteroatoms. The lowest BCUT2D eigenvalue weighted by Gasteiger charge is -2.17. The molecule has 0 saturated carbocycles. The molecule has 0 radical (unpaired) electrons. The Morgan fingerprint density at radius 1 is 1.29 bits per heavy atom. The lowest BCUT2D eigenvalue weighted by molar-refractivity contribution is 0.401. The Kier molecular flexibility index (Phi) is 5.61. The van der Waals surface area contributed by atoms with Crippen LogP contribution in [-0.4, -0.2) is 30.3 Å². The summed E-state index contributed by atoms with van der Waals surface area (Å²) in [6.45, 7) is 8.31. The van der Waals surface area contributed by atoms with Gasteiger partial charge in [0.1, 0.15) is 17.0 Å². The molecule has 0 fully saturated rings. The molecular weight excluding hydrogens is 328 g/mol. The molecule has 1 N–H and O–H groups in total. The number of hydrogen-bond donors (Lipinski definition) is 1. The number of nitrogens with one attached hydrogen (secondary N) is 1. The summed E-state index contributed by atoms with van der Waals surface area (Å²) in [6, 6.07) is 2.85. The molecule has 2 aromatic rings. The molecule has 0 spiro atoms. The maximum Gasteiger partial charge on any atom is 0.244 e. The van der Waals surface area contributed by atoms with Gasteiger partial charge in [-0.2, -0.15) is 0 Å². The number of benzene rings is 1. The van der Waals surface area contributed by atoms with Crippen LogP contribution in [0.15, 0.2) is 23.4 Å². The molecule has 0 aliphatic carbocycles. The maximum atomic E-state index is 12.8. The molecule has 2 rings (SSSR count). The average molecular weight is 352 g/mol. The van der Waals surface area contributed by atoms with E-state index in [9.17, 15) is 8.42 Å². The number of nitrogens with zero attached hydrogens (tertiary/aromatic N) is 3. The van der Waals surface area contributed by atoms with Crippen LogP contribution >= 0.6 is 0 Å². The number of rotatable bonds is 7. The van der Waals surface area contributed by atoms with E-state index in [1.54, 1.807) is 25.4 Å². The second-order valence-corrected chi connectivity index (χ2v) is 7.50. The minimum Gasteiger partial charge on any atom is -0.495 e. The lowest BCUT2D eigenvalue weighted by Crippen LogP contribution is -2.29. The lowest BCUT2D eigenvalue weighted by atomic mass is 10.1. The van der Waals surface area contributed by atoms with Crippen LogP contribution in [0.3, 0.4) is 0 Å². The first-order valence-corrected chi connectivity index (χ1v) is 9.33. The van der Waals surface area contributed by atoms with Crippen LogP contribution in [0.25, 0.3) is 0 Å². The van der Waals surface area contributed by atoms with Gasteiger partial charge in [-0.3, -0.25) is 0 Å². The molecule has 0 amide bonds. The monoisotopic (exact) mass is 352 g/mol. The second-order valence-electron chi connectivity index (χ2n) is 5.81. The van der Waals surface area contributed by atoms with E-state index in [0.29, 0.717) is 11.6 Å². The van der Waals surface area contributed by atoms with Crippen LogP contribution in [0.5, 0.6) is 5.75 Å². The van der Waals surface area contributed by atoms with Gasteiger partial charge < -0.3 is 9.30 Å². The Morgan fingerprint density at radius 2 is 1.96 bits per heavy atom. The number of sulfonamides is 1. The van der Waals surface area contributed by atoms with Crippen LogP contribution in [-0.2, 0) is 16.6 Å². The topological polar surface area (TPSA) is 86.1 Å². The minimum absolute atomic E-state index is 0.126. The second kappa shape index (κ2) is 7.31. The first kappa shape index (κ1) is 18.4.